The summed E-state index contributed by atoms with van der Waals surface area (Å²) in [5.74, 6) is -0.585. The maximum Gasteiger partial charge on any atom is 0.324 e. The number of cyclic esters (lactones) is 1. The van der Waals surface area contributed by atoms with Crippen LogP contribution in [0.4, 0.5) is 0 Å². The fourth-order valence-corrected chi connectivity index (χ4v) is 12.2. The lowest BCUT2D eigenvalue weighted by Gasteiger charge is -2.38. The van der Waals surface area contributed by atoms with Crippen molar-refractivity contribution in [1.29, 1.82) is 0 Å². The molecule has 2 N–H and O–H groups in total. The van der Waals surface area contributed by atoms with E-state index in [1.807, 2.05) is 19.2 Å². The minimum absolute atomic E-state index is 0.0232. The number of benzene rings is 1. The molecule has 2 radical (unpaired) electrons. The lowest BCUT2D eigenvalue weighted by Crippen LogP contribution is -2.60. The molecule has 288 valence electrons. The molecule has 6 atom stereocenters. The number of methoxy groups -OCH3 is 1. The minimum Gasteiger partial charge on any atom is -0.464 e. The van der Waals surface area contributed by atoms with E-state index in [0.29, 0.717) is 54.8 Å². The average Bonchev–Trinajstić information content (AvgIpc) is 3.64. The predicted octanol–water partition coefficient (Wildman–Crippen LogP) is 5.22. The van der Waals surface area contributed by atoms with E-state index in [4.69, 9.17) is 24.2 Å². The highest BCUT2D eigenvalue weighted by atomic mass is 32.1. The van der Waals surface area contributed by atoms with Crippen LogP contribution in [0, 0.1) is 10.8 Å². The van der Waals surface area contributed by atoms with Gasteiger partial charge in [-0.25, -0.2) is 10.4 Å². The molecule has 2 amide bonds. The van der Waals surface area contributed by atoms with Crippen molar-refractivity contribution in [3.05, 3.63) is 58.2 Å². The molecule has 6 bridgehead atoms. The number of rotatable bonds is 6. The molecule has 14 heteroatoms. The van der Waals surface area contributed by atoms with E-state index in [9.17, 15) is 14.4 Å². The van der Waals surface area contributed by atoms with Crippen LogP contribution >= 0.6 is 11.3 Å². The largest absolute Gasteiger partial charge is 0.464 e. The van der Waals surface area contributed by atoms with Crippen molar-refractivity contribution in [3.8, 4) is 22.5 Å². The number of fused-ring (bicyclic) bond motifs is 9. The van der Waals surface area contributed by atoms with Gasteiger partial charge in [0.1, 0.15) is 12.1 Å². The number of ether oxygens (including phenoxy) is 3. The lowest BCUT2D eigenvalue weighted by molar-refractivity contribution is -0.156. The summed E-state index contributed by atoms with van der Waals surface area (Å²) in [5, 5.41) is 8.35. The number of nitrogens with zero attached hydrogens (tertiary/aromatic N) is 4. The number of amides is 2. The standard InChI is InChI=1S/C41H48N6O6SSi/c1-6-46-30-14-13-24-18-26(30)27(34(46)25-10-7-15-42-33(25)23(2)51-5)19-39(3,4)22-53-36(49)28-11-8-16-47(45-28)38(50)40(20-32-43-29(24)21-54-32)37-41(40,55-37)44-35(48)31-12-9-17-52-31/h7,10,13-15,18,21,23,28,31,37,45H,6,8-9,11-12,16-17,19-20,22H2,1-5H3,(H,44,48)/t23-,28-,31+,37-,40?,41?/m0/s1. The maximum atomic E-state index is 14.7. The Kier molecular flexibility index (Phi) is 9.08. The zero-order valence-corrected chi connectivity index (χ0v) is 33.9. The molecule has 5 aliphatic rings. The number of pyridine rings is 1. The summed E-state index contributed by atoms with van der Waals surface area (Å²) in [6, 6.07) is 9.99. The normalized spacial score (nSPS) is 29.1. The Morgan fingerprint density at radius 1 is 1.20 bits per heavy atom. The highest BCUT2D eigenvalue weighted by Gasteiger charge is 2.93. The number of esters is 1. The van der Waals surface area contributed by atoms with Gasteiger partial charge in [-0.3, -0.25) is 24.4 Å². The monoisotopic (exact) mass is 780 g/mol. The third kappa shape index (κ3) is 5.98. The third-order valence-electron chi connectivity index (χ3n) is 12.3. The third-order valence-corrected chi connectivity index (χ3v) is 15.4. The molecule has 12 nitrogen and oxygen atoms in total. The van der Waals surface area contributed by atoms with Gasteiger partial charge in [-0.2, -0.15) is 0 Å². The topological polar surface area (TPSA) is 137 Å². The van der Waals surface area contributed by atoms with Gasteiger partial charge < -0.3 is 24.1 Å². The van der Waals surface area contributed by atoms with Crippen molar-refractivity contribution in [2.75, 3.05) is 26.9 Å². The number of hydrogen-bond donors (Lipinski definition) is 2. The second-order valence-electron chi connectivity index (χ2n) is 16.5. The SMILES string of the molecule is CCn1c(-c2cccnc2[C@H](C)OC)c2c3cc(ccc31)-c1csc(n1)CC1(C(=O)N3CCC[C@H](N3)C(=O)OCC(C)(C)C2)[C@@H]2[Si]C21NC(=O)[C@H]1CCCO1. The molecule has 9 rings (SSSR count). The Morgan fingerprint density at radius 2 is 2.05 bits per heavy atom. The first-order chi connectivity index (χ1) is 26.5. The Balaban J connectivity index is 1.16. The van der Waals surface area contributed by atoms with Gasteiger partial charge in [0.25, 0.3) is 0 Å². The van der Waals surface area contributed by atoms with Crippen LogP contribution in [0.3, 0.4) is 0 Å². The Bertz CT molecular complexity index is 2200. The Morgan fingerprint density at radius 3 is 2.82 bits per heavy atom. The lowest BCUT2D eigenvalue weighted by atomic mass is 9.84. The number of carbonyl (C=O) groups excluding carboxylic acids is 3. The number of aromatic nitrogens is 3. The average molecular weight is 781 g/mol. The quantitative estimate of drug-likeness (QED) is 0.200. The number of carbonyl (C=O) groups is 3. The van der Waals surface area contributed by atoms with Gasteiger partial charge in [0.05, 0.1) is 49.7 Å². The molecule has 4 aromatic rings. The molecule has 7 heterocycles. The number of hydrogen-bond acceptors (Lipinski definition) is 10. The summed E-state index contributed by atoms with van der Waals surface area (Å²) in [7, 11) is 2.15. The second kappa shape index (κ2) is 13.6. The zero-order valence-electron chi connectivity index (χ0n) is 32.1. The first-order valence-electron chi connectivity index (χ1n) is 19.5. The van der Waals surface area contributed by atoms with Crippen molar-refractivity contribution in [1.82, 2.24) is 30.3 Å². The van der Waals surface area contributed by atoms with Crippen LogP contribution in [0.2, 0.25) is 5.54 Å². The first-order valence-corrected chi connectivity index (χ1v) is 21.5. The molecule has 1 aliphatic carbocycles. The molecule has 4 fully saturated rings. The minimum atomic E-state index is -0.841. The molecule has 1 saturated carbocycles. The number of thiazole rings is 1. The maximum absolute atomic E-state index is 14.7. The second-order valence-corrected chi connectivity index (χ2v) is 19.1. The zero-order chi connectivity index (χ0) is 38.3. The molecule has 55 heavy (non-hydrogen) atoms. The van der Waals surface area contributed by atoms with E-state index in [1.54, 1.807) is 23.5 Å². The van der Waals surface area contributed by atoms with Gasteiger partial charge in [0, 0.05) is 77.4 Å². The molecule has 2 unspecified atom stereocenters. The van der Waals surface area contributed by atoms with Gasteiger partial charge in [-0.05, 0) is 81.3 Å². The fraction of sp³-hybridized carbons (Fsp3) is 0.537. The first kappa shape index (κ1) is 36.7. The Hall–Kier alpha value is -3.95. The summed E-state index contributed by atoms with van der Waals surface area (Å²) in [6.07, 6.45) is 4.92. The van der Waals surface area contributed by atoms with Crippen molar-refractivity contribution in [2.45, 2.75) is 102 Å². The van der Waals surface area contributed by atoms with Gasteiger partial charge in [0.2, 0.25) is 11.8 Å². The number of hydrazine groups is 1. The smallest absolute Gasteiger partial charge is 0.324 e. The van der Waals surface area contributed by atoms with Crippen LogP contribution in [0.25, 0.3) is 33.4 Å². The molecular weight excluding hydrogens is 733 g/mol. The number of nitrogens with one attached hydrogen (secondary N) is 2. The molecule has 1 aromatic carbocycles. The highest BCUT2D eigenvalue weighted by molar-refractivity contribution is 7.10. The van der Waals surface area contributed by atoms with Gasteiger partial charge in [-0.15, -0.1) is 11.3 Å². The fourth-order valence-electron chi connectivity index (χ4n) is 9.24. The van der Waals surface area contributed by atoms with E-state index in [2.05, 4.69) is 65.7 Å². The molecule has 4 aliphatic heterocycles. The summed E-state index contributed by atoms with van der Waals surface area (Å²) < 4.78 is 20.0. The molecule has 1 spiro atoms. The Labute approximate surface area is 327 Å². The summed E-state index contributed by atoms with van der Waals surface area (Å²) >= 11 is 1.56. The predicted molar refractivity (Wildman–Crippen MR) is 209 cm³/mol. The molecule has 3 aromatic heterocycles. The molecular formula is C41H48N6O6SSi. The van der Waals surface area contributed by atoms with E-state index in [1.165, 1.54) is 0 Å². The van der Waals surface area contributed by atoms with Gasteiger partial charge in [-0.1, -0.05) is 19.9 Å². The van der Waals surface area contributed by atoms with Crippen molar-refractivity contribution in [2.24, 2.45) is 10.8 Å². The summed E-state index contributed by atoms with van der Waals surface area (Å²) in [5.41, 5.74) is 9.08. The molecule has 3 saturated heterocycles. The number of aryl methyl sites for hydroxylation is 1. The van der Waals surface area contributed by atoms with Gasteiger partial charge >= 0.3 is 5.97 Å². The van der Waals surface area contributed by atoms with Crippen molar-refractivity contribution >= 4 is 49.5 Å². The van der Waals surface area contributed by atoms with Gasteiger partial charge in [0.15, 0.2) is 0 Å². The highest BCUT2D eigenvalue weighted by Crippen LogP contribution is 2.81. The van der Waals surface area contributed by atoms with Crippen LogP contribution in [-0.2, 0) is 48.0 Å². The van der Waals surface area contributed by atoms with Crippen LogP contribution in [0.1, 0.15) is 75.7 Å². The van der Waals surface area contributed by atoms with Crippen LogP contribution in [0.5, 0.6) is 0 Å². The van der Waals surface area contributed by atoms with Crippen molar-refractivity contribution < 1.29 is 28.6 Å². The van der Waals surface area contributed by atoms with Crippen LogP contribution < -0.4 is 10.7 Å². The van der Waals surface area contributed by atoms with Crippen LogP contribution in [0.15, 0.2) is 41.9 Å². The van der Waals surface area contributed by atoms with E-state index in [0.717, 1.165) is 62.6 Å². The summed E-state index contributed by atoms with van der Waals surface area (Å²) in [4.78, 5) is 51.9. The van der Waals surface area contributed by atoms with Crippen LogP contribution in [-0.4, -0.2) is 91.0 Å². The van der Waals surface area contributed by atoms with E-state index in [-0.39, 0.29) is 36.0 Å². The van der Waals surface area contributed by atoms with Crippen molar-refractivity contribution in [3.63, 3.8) is 0 Å². The van der Waals surface area contributed by atoms with E-state index >= 15 is 0 Å². The summed E-state index contributed by atoms with van der Waals surface area (Å²) in [6.45, 7) is 10.4. The van der Waals surface area contributed by atoms with E-state index < -0.39 is 28.1 Å².